The third-order valence-corrected chi connectivity index (χ3v) is 4.27. The van der Waals surface area contributed by atoms with Crippen molar-refractivity contribution >= 4 is 24.4 Å². The molecule has 4 nitrogen and oxygen atoms in total. The van der Waals surface area contributed by atoms with Crippen molar-refractivity contribution in [2.75, 3.05) is 19.6 Å². The lowest BCUT2D eigenvalue weighted by atomic mass is 9.96. The van der Waals surface area contributed by atoms with Crippen LogP contribution in [0.25, 0.3) is 0 Å². The normalized spacial score (nSPS) is 18.8. The minimum atomic E-state index is -0.197. The predicted molar refractivity (Wildman–Crippen MR) is 75.6 cm³/mol. The van der Waals surface area contributed by atoms with E-state index in [1.165, 1.54) is 6.92 Å². The van der Waals surface area contributed by atoms with Gasteiger partial charge in [-0.25, -0.2) is 0 Å². The highest BCUT2D eigenvalue weighted by Crippen LogP contribution is 2.20. The third-order valence-electron chi connectivity index (χ3n) is 3.45. The predicted octanol–water partition coefficient (Wildman–Crippen LogP) is 1.32. The lowest BCUT2D eigenvalue weighted by molar-refractivity contribution is -0.132. The molecule has 104 valence electrons. The molecule has 0 bridgehead atoms. The molecule has 1 fully saturated rings. The van der Waals surface area contributed by atoms with Crippen molar-refractivity contribution in [2.45, 2.75) is 38.9 Å². The molecule has 1 rings (SSSR count). The van der Waals surface area contributed by atoms with Gasteiger partial charge in [0.15, 0.2) is 0 Å². The van der Waals surface area contributed by atoms with Gasteiger partial charge in [-0.15, -0.1) is 0 Å². The van der Waals surface area contributed by atoms with E-state index >= 15 is 0 Å². The van der Waals surface area contributed by atoms with Crippen molar-refractivity contribution in [1.29, 1.82) is 0 Å². The van der Waals surface area contributed by atoms with E-state index in [-0.39, 0.29) is 23.0 Å². The zero-order chi connectivity index (χ0) is 13.7. The van der Waals surface area contributed by atoms with E-state index in [1.54, 1.807) is 0 Å². The fraction of sp³-hybridized carbons (Fsp3) is 0.846. The number of amides is 2. The second-order valence-corrected chi connectivity index (χ2v) is 5.95. The number of thiol groups is 1. The first-order chi connectivity index (χ1) is 8.41. The van der Waals surface area contributed by atoms with Crippen LogP contribution in [-0.2, 0) is 9.59 Å². The standard InChI is InChI=1S/C13H24N2O2S/c1-9(2)12(18)13(17)15-6-4-11(5-7-15)8-14-10(3)16/h9,11-12,18H,4-8H2,1-3H3,(H,14,16). The molecule has 1 aliphatic heterocycles. The molecular formula is C13H24N2O2S. The molecule has 0 aromatic heterocycles. The molecule has 0 aliphatic carbocycles. The number of likely N-dealkylation sites (tertiary alicyclic amines) is 1. The maximum atomic E-state index is 12.1. The van der Waals surface area contributed by atoms with Crippen molar-refractivity contribution in [3.63, 3.8) is 0 Å². The van der Waals surface area contributed by atoms with Gasteiger partial charge < -0.3 is 10.2 Å². The Labute approximate surface area is 115 Å². The molecule has 1 unspecified atom stereocenters. The van der Waals surface area contributed by atoms with Gasteiger partial charge in [0.1, 0.15) is 0 Å². The van der Waals surface area contributed by atoms with Crippen LogP contribution in [0.1, 0.15) is 33.6 Å². The Kier molecular flexibility index (Phi) is 5.99. The largest absolute Gasteiger partial charge is 0.356 e. The molecule has 0 spiro atoms. The summed E-state index contributed by atoms with van der Waals surface area (Å²) in [6.07, 6.45) is 1.93. The highest BCUT2D eigenvalue weighted by molar-refractivity contribution is 7.81. The van der Waals surface area contributed by atoms with Crippen LogP contribution in [-0.4, -0.2) is 41.6 Å². The number of nitrogens with zero attached hydrogens (tertiary/aromatic N) is 1. The molecule has 1 N–H and O–H groups in total. The monoisotopic (exact) mass is 272 g/mol. The first-order valence-electron chi connectivity index (χ1n) is 6.63. The second kappa shape index (κ2) is 7.02. The number of rotatable bonds is 4. The van der Waals surface area contributed by atoms with E-state index in [4.69, 9.17) is 0 Å². The van der Waals surface area contributed by atoms with Crippen LogP contribution in [0.4, 0.5) is 0 Å². The average molecular weight is 272 g/mol. The number of hydrogen-bond acceptors (Lipinski definition) is 3. The summed E-state index contributed by atoms with van der Waals surface area (Å²) in [5, 5.41) is 2.65. The third kappa shape index (κ3) is 4.52. The molecule has 0 radical (unpaired) electrons. The van der Waals surface area contributed by atoms with Crippen LogP contribution >= 0.6 is 12.6 Å². The average Bonchev–Trinajstić information content (AvgIpc) is 2.35. The van der Waals surface area contributed by atoms with Gasteiger partial charge in [-0.2, -0.15) is 12.6 Å². The molecule has 5 heteroatoms. The number of hydrogen-bond donors (Lipinski definition) is 2. The van der Waals surface area contributed by atoms with Gasteiger partial charge in [-0.3, -0.25) is 9.59 Å². The first kappa shape index (κ1) is 15.3. The smallest absolute Gasteiger partial charge is 0.235 e. The summed E-state index contributed by atoms with van der Waals surface area (Å²) >= 11 is 4.37. The van der Waals surface area contributed by atoms with Crippen molar-refractivity contribution in [3.8, 4) is 0 Å². The molecule has 1 atom stereocenters. The number of piperidine rings is 1. The first-order valence-corrected chi connectivity index (χ1v) is 7.14. The van der Waals surface area contributed by atoms with Crippen LogP contribution in [0.3, 0.4) is 0 Å². The van der Waals surface area contributed by atoms with E-state index in [0.29, 0.717) is 5.92 Å². The van der Waals surface area contributed by atoms with Crippen LogP contribution in [0, 0.1) is 11.8 Å². The fourth-order valence-electron chi connectivity index (χ4n) is 2.12. The van der Waals surface area contributed by atoms with Gasteiger partial charge in [0.2, 0.25) is 11.8 Å². The second-order valence-electron chi connectivity index (χ2n) is 5.39. The quantitative estimate of drug-likeness (QED) is 0.758. The topological polar surface area (TPSA) is 49.4 Å². The van der Waals surface area contributed by atoms with Crippen molar-refractivity contribution in [3.05, 3.63) is 0 Å². The van der Waals surface area contributed by atoms with E-state index in [1.807, 2.05) is 18.7 Å². The van der Waals surface area contributed by atoms with Crippen LogP contribution < -0.4 is 5.32 Å². The van der Waals surface area contributed by atoms with Gasteiger partial charge in [0, 0.05) is 26.6 Å². The van der Waals surface area contributed by atoms with Crippen molar-refractivity contribution in [1.82, 2.24) is 10.2 Å². The zero-order valence-electron chi connectivity index (χ0n) is 11.5. The Bertz CT molecular complexity index is 299. The van der Waals surface area contributed by atoms with E-state index in [2.05, 4.69) is 17.9 Å². The summed E-state index contributed by atoms with van der Waals surface area (Å²) < 4.78 is 0. The SMILES string of the molecule is CC(=O)NCC1CCN(C(=O)C(S)C(C)C)CC1. The summed E-state index contributed by atoms with van der Waals surface area (Å²) in [4.78, 5) is 24.8. The summed E-state index contributed by atoms with van der Waals surface area (Å²) in [5.41, 5.74) is 0. The number of carbonyl (C=O) groups excluding carboxylic acids is 2. The van der Waals surface area contributed by atoms with Gasteiger partial charge >= 0.3 is 0 Å². The van der Waals surface area contributed by atoms with Crippen LogP contribution in [0.2, 0.25) is 0 Å². The maximum Gasteiger partial charge on any atom is 0.235 e. The summed E-state index contributed by atoms with van der Waals surface area (Å²) in [6.45, 7) is 7.86. The molecule has 0 aromatic carbocycles. The Balaban J connectivity index is 2.35. The summed E-state index contributed by atoms with van der Waals surface area (Å²) in [5.74, 6) is 0.920. The molecule has 1 aliphatic rings. The van der Waals surface area contributed by atoms with Gasteiger partial charge in [-0.05, 0) is 24.7 Å². The molecule has 1 heterocycles. The molecule has 1 saturated heterocycles. The number of nitrogens with one attached hydrogen (secondary N) is 1. The molecule has 2 amide bonds. The minimum Gasteiger partial charge on any atom is -0.356 e. The lowest BCUT2D eigenvalue weighted by Crippen LogP contribution is -2.45. The van der Waals surface area contributed by atoms with Crippen LogP contribution in [0.15, 0.2) is 0 Å². The van der Waals surface area contributed by atoms with E-state index < -0.39 is 0 Å². The Hall–Kier alpha value is -0.710. The molecule has 0 aromatic rings. The maximum absolute atomic E-state index is 12.1. The lowest BCUT2D eigenvalue weighted by Gasteiger charge is -2.34. The minimum absolute atomic E-state index is 0.0173. The summed E-state index contributed by atoms with van der Waals surface area (Å²) in [7, 11) is 0. The summed E-state index contributed by atoms with van der Waals surface area (Å²) in [6, 6.07) is 0. The van der Waals surface area contributed by atoms with Crippen molar-refractivity contribution in [2.24, 2.45) is 11.8 Å². The van der Waals surface area contributed by atoms with Gasteiger partial charge in [0.25, 0.3) is 0 Å². The zero-order valence-corrected chi connectivity index (χ0v) is 12.4. The van der Waals surface area contributed by atoms with E-state index in [9.17, 15) is 9.59 Å². The Morgan fingerprint density at radius 1 is 1.33 bits per heavy atom. The Morgan fingerprint density at radius 3 is 2.33 bits per heavy atom. The highest BCUT2D eigenvalue weighted by Gasteiger charge is 2.27. The Morgan fingerprint density at radius 2 is 1.89 bits per heavy atom. The van der Waals surface area contributed by atoms with Crippen molar-refractivity contribution < 1.29 is 9.59 Å². The fourth-order valence-corrected chi connectivity index (χ4v) is 2.28. The molecular weight excluding hydrogens is 248 g/mol. The molecule has 0 saturated carbocycles. The van der Waals surface area contributed by atoms with Gasteiger partial charge in [-0.1, -0.05) is 13.8 Å². The van der Waals surface area contributed by atoms with Crippen LogP contribution in [0.5, 0.6) is 0 Å². The van der Waals surface area contributed by atoms with E-state index in [0.717, 1.165) is 32.5 Å². The highest BCUT2D eigenvalue weighted by atomic mass is 32.1. The number of carbonyl (C=O) groups is 2. The van der Waals surface area contributed by atoms with Gasteiger partial charge in [0.05, 0.1) is 5.25 Å². The molecule has 18 heavy (non-hydrogen) atoms.